The van der Waals surface area contributed by atoms with Gasteiger partial charge in [-0.1, -0.05) is 24.3 Å². The van der Waals surface area contributed by atoms with Gasteiger partial charge in [-0.2, -0.15) is 9.84 Å². The molecule has 3 nitrogen and oxygen atoms in total. The average Bonchev–Trinajstić information content (AvgIpc) is 2.88. The minimum atomic E-state index is -0.0182. The van der Waals surface area contributed by atoms with E-state index in [1.165, 1.54) is 33.8 Å². The predicted molar refractivity (Wildman–Crippen MR) is 119 cm³/mol. The number of para-hydroxylation sites is 1. The first kappa shape index (κ1) is 19.9. The molecule has 0 aromatic heterocycles. The molecule has 0 N–H and O–H groups in total. The van der Waals surface area contributed by atoms with Gasteiger partial charge in [0, 0.05) is 36.5 Å². The fourth-order valence-electron chi connectivity index (χ4n) is 4.13. The molecule has 2 aromatic carbocycles. The number of nitriles is 1. The molecule has 1 heterocycles. The quantitative estimate of drug-likeness (QED) is 0.631. The van der Waals surface area contributed by atoms with Crippen LogP contribution in [0.5, 0.6) is 0 Å². The van der Waals surface area contributed by atoms with E-state index in [9.17, 15) is 0 Å². The lowest BCUT2D eigenvalue weighted by Gasteiger charge is -2.22. The molecule has 0 atom stereocenters. The minimum absolute atomic E-state index is 0.0182. The van der Waals surface area contributed by atoms with Gasteiger partial charge in [0.1, 0.15) is 7.05 Å². The van der Waals surface area contributed by atoms with Crippen molar-refractivity contribution in [3.05, 3.63) is 65.2 Å². The largest absolute Gasteiger partial charge is 0.371 e. The van der Waals surface area contributed by atoms with E-state index in [-0.39, 0.29) is 5.41 Å². The molecule has 1 aliphatic rings. The highest BCUT2D eigenvalue weighted by Gasteiger charge is 2.42. The Hall–Kier alpha value is -2.86. The van der Waals surface area contributed by atoms with E-state index < -0.39 is 0 Å². The molecule has 0 radical (unpaired) electrons. The van der Waals surface area contributed by atoms with Gasteiger partial charge in [-0.15, -0.1) is 0 Å². The zero-order valence-electron chi connectivity index (χ0n) is 17.7. The maximum absolute atomic E-state index is 8.91. The van der Waals surface area contributed by atoms with Gasteiger partial charge in [0.2, 0.25) is 5.69 Å². The van der Waals surface area contributed by atoms with Crippen LogP contribution in [0.3, 0.4) is 0 Å². The highest BCUT2D eigenvalue weighted by atomic mass is 15.1. The lowest BCUT2D eigenvalue weighted by Crippen LogP contribution is -2.26. The van der Waals surface area contributed by atoms with Crippen LogP contribution in [0.2, 0.25) is 0 Å². The zero-order chi connectivity index (χ0) is 20.3. The summed E-state index contributed by atoms with van der Waals surface area (Å²) in [6.45, 7) is 10.5. The van der Waals surface area contributed by atoms with Gasteiger partial charge in [0.05, 0.1) is 17.9 Å². The van der Waals surface area contributed by atoms with Crippen molar-refractivity contribution >= 4 is 23.2 Å². The van der Waals surface area contributed by atoms with E-state index in [1.807, 2.05) is 0 Å². The van der Waals surface area contributed by atoms with Crippen molar-refractivity contribution in [1.82, 2.24) is 0 Å². The van der Waals surface area contributed by atoms with Crippen LogP contribution in [0, 0.1) is 18.3 Å². The maximum atomic E-state index is 8.91. The van der Waals surface area contributed by atoms with E-state index in [4.69, 9.17) is 5.26 Å². The Morgan fingerprint density at radius 1 is 1.14 bits per heavy atom. The summed E-state index contributed by atoms with van der Waals surface area (Å²) in [5.74, 6) is 0. The van der Waals surface area contributed by atoms with Crippen LogP contribution in [0.25, 0.3) is 6.08 Å². The van der Waals surface area contributed by atoms with Gasteiger partial charge in [-0.3, -0.25) is 0 Å². The van der Waals surface area contributed by atoms with Gasteiger partial charge in [0.25, 0.3) is 0 Å². The standard InChI is InChI=1S/C25H30N3/c1-6-28(17-9-16-26)21-14-12-19(2)20(18-21)13-15-24-25(3,4)22-10-7-8-11-23(22)27(24)5/h7-8,10-15,18H,6,9,17H2,1-5H3/q+1. The number of hydrogen-bond donors (Lipinski definition) is 0. The molecular formula is C25H30N3+. The molecule has 0 amide bonds. The van der Waals surface area contributed by atoms with Gasteiger partial charge in [0.15, 0.2) is 5.71 Å². The molecule has 0 aliphatic carbocycles. The predicted octanol–water partition coefficient (Wildman–Crippen LogP) is 5.45. The summed E-state index contributed by atoms with van der Waals surface area (Å²) in [7, 11) is 2.15. The molecule has 0 bridgehead atoms. The second kappa shape index (κ2) is 8.02. The van der Waals surface area contributed by atoms with Gasteiger partial charge < -0.3 is 4.90 Å². The number of fused-ring (bicyclic) bond motifs is 1. The first-order chi connectivity index (χ1) is 13.4. The number of anilines is 1. The molecule has 3 heteroatoms. The number of rotatable bonds is 6. The highest BCUT2D eigenvalue weighted by molar-refractivity contribution is 6.05. The van der Waals surface area contributed by atoms with Crippen LogP contribution in [0.1, 0.15) is 43.9 Å². The van der Waals surface area contributed by atoms with Crippen molar-refractivity contribution in [3.63, 3.8) is 0 Å². The van der Waals surface area contributed by atoms with E-state index in [1.54, 1.807) is 0 Å². The lowest BCUT2D eigenvalue weighted by molar-refractivity contribution is -0.401. The van der Waals surface area contributed by atoms with Gasteiger partial charge in [-0.25, -0.2) is 0 Å². The summed E-state index contributed by atoms with van der Waals surface area (Å²) < 4.78 is 2.30. The SMILES string of the molecule is CCN(CCC#N)c1ccc(C)c(C=CC2=[N+](C)c3ccccc3C2(C)C)c1. The number of hydrogen-bond acceptors (Lipinski definition) is 2. The maximum Gasteiger partial charge on any atom is 0.209 e. The third-order valence-corrected chi connectivity index (χ3v) is 5.86. The van der Waals surface area contributed by atoms with Crippen molar-refractivity contribution < 1.29 is 4.58 Å². The summed E-state index contributed by atoms with van der Waals surface area (Å²) in [4.78, 5) is 2.26. The molecule has 0 spiro atoms. The fourth-order valence-corrected chi connectivity index (χ4v) is 4.13. The Labute approximate surface area is 169 Å². The third kappa shape index (κ3) is 3.60. The summed E-state index contributed by atoms with van der Waals surface area (Å²) >= 11 is 0. The van der Waals surface area contributed by atoms with E-state index in [0.29, 0.717) is 6.42 Å². The molecule has 0 saturated carbocycles. The lowest BCUT2D eigenvalue weighted by atomic mass is 9.81. The molecule has 1 aliphatic heterocycles. The fraction of sp³-hybridized carbons (Fsp3) is 0.360. The van der Waals surface area contributed by atoms with Crippen LogP contribution in [-0.2, 0) is 5.41 Å². The van der Waals surface area contributed by atoms with Crippen molar-refractivity contribution in [3.8, 4) is 6.07 Å². The van der Waals surface area contributed by atoms with Crippen LogP contribution >= 0.6 is 0 Å². The van der Waals surface area contributed by atoms with Crippen molar-refractivity contribution in [2.75, 3.05) is 25.0 Å². The van der Waals surface area contributed by atoms with Crippen molar-refractivity contribution in [2.24, 2.45) is 0 Å². The Morgan fingerprint density at radius 2 is 1.89 bits per heavy atom. The molecule has 0 saturated heterocycles. The Bertz CT molecular complexity index is 974. The molecule has 28 heavy (non-hydrogen) atoms. The van der Waals surface area contributed by atoms with E-state index in [2.05, 4.69) is 105 Å². The first-order valence-electron chi connectivity index (χ1n) is 10.0. The Kier molecular flexibility index (Phi) is 5.70. The second-order valence-electron chi connectivity index (χ2n) is 7.95. The van der Waals surface area contributed by atoms with E-state index in [0.717, 1.165) is 13.1 Å². The van der Waals surface area contributed by atoms with Crippen LogP contribution in [0.15, 0.2) is 48.5 Å². The summed E-state index contributed by atoms with van der Waals surface area (Å²) in [5, 5.41) is 8.91. The van der Waals surface area contributed by atoms with Crippen LogP contribution in [-0.4, -0.2) is 30.4 Å². The number of allylic oxidation sites excluding steroid dienone is 1. The Balaban J connectivity index is 1.94. The van der Waals surface area contributed by atoms with E-state index >= 15 is 0 Å². The van der Waals surface area contributed by atoms with Gasteiger partial charge in [-0.05, 0) is 57.0 Å². The topological polar surface area (TPSA) is 30.0 Å². The summed E-state index contributed by atoms with van der Waals surface area (Å²) in [6, 6.07) is 17.5. The molecule has 2 aromatic rings. The number of benzene rings is 2. The highest BCUT2D eigenvalue weighted by Crippen LogP contribution is 2.39. The summed E-state index contributed by atoms with van der Waals surface area (Å²) in [6.07, 6.45) is 5.04. The molecule has 144 valence electrons. The van der Waals surface area contributed by atoms with Gasteiger partial charge >= 0.3 is 0 Å². The molecule has 0 unspecified atom stereocenters. The smallest absolute Gasteiger partial charge is 0.209 e. The monoisotopic (exact) mass is 372 g/mol. The molecule has 3 rings (SSSR count). The minimum Gasteiger partial charge on any atom is -0.371 e. The average molecular weight is 373 g/mol. The molecule has 0 fully saturated rings. The normalized spacial score (nSPS) is 15.0. The second-order valence-corrected chi connectivity index (χ2v) is 7.95. The first-order valence-corrected chi connectivity index (χ1v) is 10.0. The van der Waals surface area contributed by atoms with Crippen LogP contribution < -0.4 is 4.90 Å². The van der Waals surface area contributed by atoms with Crippen molar-refractivity contribution in [1.29, 1.82) is 5.26 Å². The zero-order valence-corrected chi connectivity index (χ0v) is 17.7. The van der Waals surface area contributed by atoms with Crippen molar-refractivity contribution in [2.45, 2.75) is 39.5 Å². The number of aryl methyl sites for hydroxylation is 1. The Morgan fingerprint density at radius 3 is 2.57 bits per heavy atom. The summed E-state index contributed by atoms with van der Waals surface area (Å²) in [5.41, 5.74) is 7.59. The molecular weight excluding hydrogens is 342 g/mol. The number of nitrogens with zero attached hydrogens (tertiary/aromatic N) is 3. The van der Waals surface area contributed by atoms with Crippen LogP contribution in [0.4, 0.5) is 11.4 Å². The third-order valence-electron chi connectivity index (χ3n) is 5.86.